The van der Waals surface area contributed by atoms with E-state index in [1.54, 1.807) is 12.2 Å². The van der Waals surface area contributed by atoms with E-state index in [0.29, 0.717) is 105 Å². The Balaban J connectivity index is 0.000000190. The van der Waals surface area contributed by atoms with Gasteiger partial charge >= 0.3 is 23.9 Å². The second-order valence-electron chi connectivity index (χ2n) is 25.5. The van der Waals surface area contributed by atoms with E-state index in [1.165, 1.54) is 40.2 Å². The van der Waals surface area contributed by atoms with Gasteiger partial charge in [-0.25, -0.2) is 9.59 Å². The molecule has 2 fully saturated rings. The molecule has 2 saturated heterocycles. The molecule has 0 aliphatic carbocycles. The first-order valence-electron chi connectivity index (χ1n) is 32.2. The number of esters is 4. The van der Waals surface area contributed by atoms with Gasteiger partial charge in [-0.3, -0.25) is 29.2 Å². The van der Waals surface area contributed by atoms with Gasteiger partial charge in [0.05, 0.1) is 50.5 Å². The zero-order valence-corrected chi connectivity index (χ0v) is 58.0. The summed E-state index contributed by atoms with van der Waals surface area (Å²) >= 11 is 0. The Kier molecular flexibility index (Phi) is 20.9. The summed E-state index contributed by atoms with van der Waals surface area (Å²) in [4.78, 5) is 67.9. The van der Waals surface area contributed by atoms with Crippen molar-refractivity contribution < 1.29 is 115 Å². The fourth-order valence-corrected chi connectivity index (χ4v) is 16.2. The maximum atomic E-state index is 13.2. The Bertz CT molecular complexity index is 4330. The molecule has 27 heteroatoms. The Labute approximate surface area is 591 Å². The molecule has 6 aromatic carbocycles. The van der Waals surface area contributed by atoms with Gasteiger partial charge in [0.15, 0.2) is 46.0 Å². The van der Waals surface area contributed by atoms with E-state index in [9.17, 15) is 39.8 Å². The van der Waals surface area contributed by atoms with Crippen LogP contribution in [0.15, 0.2) is 84.9 Å². The molecular weight excluding hydrogens is 1390 g/mol. The molecule has 0 aromatic heterocycles. The van der Waals surface area contributed by atoms with Crippen LogP contribution in [0.2, 0.25) is 0 Å². The third-order valence-corrected chi connectivity index (χ3v) is 20.0. The SMILES string of the molecule is COc1c(C)cc2c(c1O)[C@@H]1C3Cc4c(OC(C)=O)c(C)c5c(c4[C@H](COC(=O)/C=C/c4ccccc4)N3[C@@H](C#N)[C@H](C2)N1C)OCO5.COc1c(C)cc2c(c1O)[C@@H]1C3Cc4c(OC(C)=O)c(C)c5c(c4[C@H](COC(=O)/C=C/c4ccccc4)N3[C@@H](O)[C@H](C2)N1C)OCO5.O=[N+]([O-])O.[Ag]. The van der Waals surface area contributed by atoms with Crippen molar-refractivity contribution in [1.29, 1.82) is 5.26 Å². The third-order valence-electron chi connectivity index (χ3n) is 20.0. The van der Waals surface area contributed by atoms with Crippen LogP contribution in [-0.2, 0) is 76.7 Å². The first-order chi connectivity index (χ1) is 47.5. The number of phenolic OH excluding ortho intramolecular Hbond substituents is 2. The van der Waals surface area contributed by atoms with Crippen molar-refractivity contribution >= 4 is 36.0 Å². The third kappa shape index (κ3) is 12.9. The van der Waals surface area contributed by atoms with Crippen molar-refractivity contribution in [2.45, 2.75) is 128 Å². The molecule has 4 bridgehead atoms. The van der Waals surface area contributed by atoms with Crippen molar-refractivity contribution in [3.05, 3.63) is 173 Å². The number of aliphatic hydroxyl groups excluding tert-OH is 1. The summed E-state index contributed by atoms with van der Waals surface area (Å²) < 4.78 is 58.7. The number of fused-ring (bicyclic) bond motifs is 18. The Hall–Kier alpha value is -9.69. The molecule has 8 aliphatic rings. The van der Waals surface area contributed by atoms with Gasteiger partial charge in [-0.05, 0) is 113 Å². The quantitative estimate of drug-likeness (QED) is 0.0223. The summed E-state index contributed by atoms with van der Waals surface area (Å²) in [5, 5.41) is 59.9. The van der Waals surface area contributed by atoms with Gasteiger partial charge in [0.1, 0.15) is 37.0 Å². The fraction of sp³-hybridized carbons (Fsp3) is 0.384. The molecule has 0 amide bonds. The normalized spacial score (nSPS) is 23.1. The van der Waals surface area contributed by atoms with Gasteiger partial charge in [-0.15, -0.1) is 10.1 Å². The molecule has 14 rings (SSSR count). The molecule has 100 heavy (non-hydrogen) atoms. The van der Waals surface area contributed by atoms with Gasteiger partial charge in [0, 0.05) is 111 Å². The van der Waals surface area contributed by atoms with Crippen LogP contribution in [0.3, 0.4) is 0 Å². The van der Waals surface area contributed by atoms with E-state index >= 15 is 0 Å². The number of hydrogen-bond donors (Lipinski definition) is 4. The zero-order chi connectivity index (χ0) is 70.6. The summed E-state index contributed by atoms with van der Waals surface area (Å²) in [5.41, 5.74) is 10.6. The standard InChI is InChI=1S/C37H37N3O8.C36H38N2O9.Ag.HNO3/c1-19-13-23-14-25-27(16-38)40-26(32(39(25)4)30(23)33(43)34(19)44-5)15-24-31(37-36(46-18-47-37)20(2)35(24)48-21(3)41)28(40)17-45-29(42)12-11-22-9-7-6-8-10-22;1-18-13-22-14-25-36(42)38-24(30(37(25)4)28(22)31(41)32(18)43-5)15-23-29(35-34(45-17-46-35)19(2)33(23)47-20(3)39)26(38)16-44-27(40)12-11-21-9-7-6-8-10-21;;2-1(3)4/h6-13,25-28,32,43H,14-15,17-18H2,1-5H3;6-13,24-26,30,36,41-42H,14-17H2,1-5H3;;(H,2,3,4)/b2*12-11+;;/t25-,26?,27-,28-,32-;24?,25-,26-,30-,36-;;/m00../s1. The Morgan fingerprint density at radius 3 is 1.41 bits per heavy atom. The molecule has 8 aliphatic heterocycles. The number of benzene rings is 6. The van der Waals surface area contributed by atoms with Crippen molar-refractivity contribution in [2.75, 3.05) is 55.1 Å². The minimum Gasteiger partial charge on any atom is -0.504 e. The molecule has 529 valence electrons. The monoisotopic (exact) mass is 1460 g/mol. The van der Waals surface area contributed by atoms with E-state index in [2.05, 4.69) is 20.8 Å². The molecule has 0 spiro atoms. The van der Waals surface area contributed by atoms with Crippen LogP contribution in [0, 0.1) is 49.1 Å². The predicted octanol–water partition coefficient (Wildman–Crippen LogP) is 8.48. The van der Waals surface area contributed by atoms with Gasteiger partial charge in [0.2, 0.25) is 13.6 Å². The van der Waals surface area contributed by atoms with Crippen LogP contribution in [0.4, 0.5) is 0 Å². The second-order valence-corrected chi connectivity index (χ2v) is 25.5. The largest absolute Gasteiger partial charge is 0.504 e. The number of aliphatic hydroxyl groups is 1. The van der Waals surface area contributed by atoms with Crippen LogP contribution >= 0.6 is 0 Å². The minimum absolute atomic E-state index is 0. The van der Waals surface area contributed by atoms with Crippen LogP contribution in [-0.4, -0.2) is 161 Å². The Morgan fingerprint density at radius 1 is 0.610 bits per heavy atom. The number of carbonyl (C=O) groups excluding carboxylic acids is 4. The number of hydrogen-bond acceptors (Lipinski definition) is 24. The summed E-state index contributed by atoms with van der Waals surface area (Å²) in [6, 6.07) is 21.3. The molecule has 0 saturated carbocycles. The van der Waals surface area contributed by atoms with Crippen molar-refractivity contribution in [3.8, 4) is 63.6 Å². The number of piperazine rings is 2. The molecule has 10 atom stereocenters. The number of rotatable bonds is 12. The van der Waals surface area contributed by atoms with E-state index < -0.39 is 65.4 Å². The van der Waals surface area contributed by atoms with Gasteiger partial charge in [-0.2, -0.15) is 5.26 Å². The van der Waals surface area contributed by atoms with E-state index in [4.69, 9.17) is 62.7 Å². The first-order valence-corrected chi connectivity index (χ1v) is 32.2. The Morgan fingerprint density at radius 2 is 1.00 bits per heavy atom. The average molecular weight is 1470 g/mol. The molecular formula is C73H76AgN6O20. The smallest absolute Gasteiger partial charge is 0.330 e. The summed E-state index contributed by atoms with van der Waals surface area (Å²) in [6.07, 6.45) is 6.82. The van der Waals surface area contributed by atoms with Crippen LogP contribution in [0.1, 0.15) is 116 Å². The minimum atomic E-state index is -1.50. The zero-order valence-electron chi connectivity index (χ0n) is 56.5. The van der Waals surface area contributed by atoms with Crippen molar-refractivity contribution in [1.82, 2.24) is 19.6 Å². The van der Waals surface area contributed by atoms with Gasteiger partial charge in [-0.1, -0.05) is 72.8 Å². The maximum Gasteiger partial charge on any atom is 0.330 e. The topological polar surface area (TPSA) is 321 Å². The van der Waals surface area contributed by atoms with Crippen molar-refractivity contribution in [2.24, 2.45) is 0 Å². The number of phenols is 2. The average Bonchev–Trinajstić information content (AvgIpc) is 0.848. The molecule has 2 unspecified atom stereocenters. The summed E-state index contributed by atoms with van der Waals surface area (Å²) in [6.45, 7) is 9.80. The number of ether oxygens (including phenoxy) is 10. The van der Waals surface area contributed by atoms with E-state index in [0.717, 1.165) is 44.5 Å². The molecule has 1 radical (unpaired) electrons. The first kappa shape index (κ1) is 71.6. The summed E-state index contributed by atoms with van der Waals surface area (Å²) in [5.74, 6) is 1.45. The second kappa shape index (κ2) is 29.3. The number of aryl methyl sites for hydroxylation is 2. The van der Waals surface area contributed by atoms with E-state index in [-0.39, 0.29) is 84.8 Å². The number of methoxy groups -OCH3 is 2. The predicted molar refractivity (Wildman–Crippen MR) is 353 cm³/mol. The van der Waals surface area contributed by atoms with Crippen LogP contribution in [0.5, 0.6) is 57.5 Å². The van der Waals surface area contributed by atoms with Crippen LogP contribution in [0.25, 0.3) is 12.2 Å². The molecule has 4 N–H and O–H groups in total. The number of carbonyl (C=O) groups is 4. The number of likely N-dealkylation sites (N-methyl/N-ethyl adjacent to an activating group) is 2. The fourth-order valence-electron chi connectivity index (χ4n) is 16.2. The maximum absolute atomic E-state index is 13.2. The van der Waals surface area contributed by atoms with E-state index in [1.807, 2.05) is 119 Å². The molecule has 8 heterocycles. The molecule has 6 aromatic rings. The van der Waals surface area contributed by atoms with Crippen molar-refractivity contribution in [3.63, 3.8) is 0 Å². The number of aromatic hydroxyl groups is 2. The number of nitrogens with zero attached hydrogens (tertiary/aromatic N) is 6. The van der Waals surface area contributed by atoms with Crippen LogP contribution < -0.4 is 37.9 Å². The molecule has 26 nitrogen and oxygen atoms in total. The van der Waals surface area contributed by atoms with Gasteiger partial charge in [0.25, 0.3) is 5.09 Å². The number of nitriles is 1. The van der Waals surface area contributed by atoms with Gasteiger partial charge < -0.3 is 67.9 Å². The summed E-state index contributed by atoms with van der Waals surface area (Å²) in [7, 11) is 6.99.